The van der Waals surface area contributed by atoms with Crippen LogP contribution in [0.15, 0.2) is 36.4 Å². The highest BCUT2D eigenvalue weighted by Crippen LogP contribution is 2.10. The summed E-state index contributed by atoms with van der Waals surface area (Å²) in [5.74, 6) is 2.37. The van der Waals surface area contributed by atoms with Crippen molar-refractivity contribution in [3.63, 3.8) is 0 Å². The van der Waals surface area contributed by atoms with Gasteiger partial charge in [0.15, 0.2) is 0 Å². The maximum atomic E-state index is 5.63. The molecule has 0 saturated carbocycles. The van der Waals surface area contributed by atoms with E-state index in [0.29, 0.717) is 19.1 Å². The molecule has 0 aliphatic rings. The van der Waals surface area contributed by atoms with E-state index in [1.165, 1.54) is 0 Å². The Kier molecular flexibility index (Phi) is 5.82. The van der Waals surface area contributed by atoms with Crippen LogP contribution in [0.3, 0.4) is 0 Å². The third-order valence-electron chi connectivity index (χ3n) is 2.81. The first-order valence-corrected chi connectivity index (χ1v) is 7.29. The van der Waals surface area contributed by atoms with Gasteiger partial charge in [0.1, 0.15) is 18.2 Å². The summed E-state index contributed by atoms with van der Waals surface area (Å²) >= 11 is 0. The molecule has 0 radical (unpaired) electrons. The summed E-state index contributed by atoms with van der Waals surface area (Å²) in [5, 5.41) is 6.45. The van der Waals surface area contributed by atoms with Crippen LogP contribution in [0.25, 0.3) is 0 Å². The van der Waals surface area contributed by atoms with Gasteiger partial charge in [-0.15, -0.1) is 0 Å². The second-order valence-corrected chi connectivity index (χ2v) is 4.73. The van der Waals surface area contributed by atoms with Crippen molar-refractivity contribution in [2.24, 2.45) is 0 Å². The largest absolute Gasteiger partial charge is 0.492 e. The number of nitrogens with one attached hydrogen (secondary N) is 2. The van der Waals surface area contributed by atoms with E-state index in [4.69, 9.17) is 4.74 Å². The Morgan fingerprint density at radius 2 is 1.86 bits per heavy atom. The second-order valence-electron chi connectivity index (χ2n) is 4.73. The number of aryl methyl sites for hydroxylation is 1. The maximum absolute atomic E-state index is 5.63. The van der Waals surface area contributed by atoms with Gasteiger partial charge in [-0.05, 0) is 25.5 Å². The average molecular weight is 286 g/mol. The minimum absolute atomic E-state index is 0.588. The molecule has 21 heavy (non-hydrogen) atoms. The predicted molar refractivity (Wildman–Crippen MR) is 86.0 cm³/mol. The molecule has 112 valence electrons. The van der Waals surface area contributed by atoms with Crippen LogP contribution in [-0.2, 0) is 0 Å². The fourth-order valence-corrected chi connectivity index (χ4v) is 1.84. The molecular weight excluding hydrogens is 264 g/mol. The molecule has 1 aromatic heterocycles. The fourth-order valence-electron chi connectivity index (χ4n) is 1.84. The van der Waals surface area contributed by atoms with Gasteiger partial charge in [0, 0.05) is 18.3 Å². The molecule has 5 heteroatoms. The highest BCUT2D eigenvalue weighted by molar-refractivity contribution is 5.42. The van der Waals surface area contributed by atoms with E-state index in [-0.39, 0.29) is 0 Å². The fraction of sp³-hybridized carbons (Fsp3) is 0.375. The zero-order valence-corrected chi connectivity index (χ0v) is 12.6. The smallest absolute Gasteiger partial charge is 0.224 e. The van der Waals surface area contributed by atoms with E-state index in [1.54, 1.807) is 0 Å². The molecule has 2 aromatic rings. The van der Waals surface area contributed by atoms with Gasteiger partial charge >= 0.3 is 0 Å². The number of aromatic nitrogens is 2. The van der Waals surface area contributed by atoms with Crippen LogP contribution < -0.4 is 15.4 Å². The van der Waals surface area contributed by atoms with Gasteiger partial charge in [-0.2, -0.15) is 4.98 Å². The summed E-state index contributed by atoms with van der Waals surface area (Å²) in [6.07, 6.45) is 1.05. The molecule has 0 atom stereocenters. The van der Waals surface area contributed by atoms with Crippen LogP contribution in [0.5, 0.6) is 5.75 Å². The first-order valence-electron chi connectivity index (χ1n) is 7.29. The second kappa shape index (κ2) is 8.09. The maximum Gasteiger partial charge on any atom is 0.224 e. The first-order chi connectivity index (χ1) is 10.3. The van der Waals surface area contributed by atoms with Gasteiger partial charge in [-0.3, -0.25) is 0 Å². The van der Waals surface area contributed by atoms with Crippen molar-refractivity contribution >= 4 is 11.8 Å². The van der Waals surface area contributed by atoms with E-state index >= 15 is 0 Å². The Morgan fingerprint density at radius 3 is 2.62 bits per heavy atom. The summed E-state index contributed by atoms with van der Waals surface area (Å²) in [6, 6.07) is 11.7. The molecule has 2 rings (SSSR count). The number of hydrogen-bond donors (Lipinski definition) is 2. The zero-order chi connectivity index (χ0) is 14.9. The molecule has 2 N–H and O–H groups in total. The van der Waals surface area contributed by atoms with Crippen molar-refractivity contribution in [1.82, 2.24) is 9.97 Å². The van der Waals surface area contributed by atoms with Crippen LogP contribution in [0.2, 0.25) is 0 Å². The number of para-hydroxylation sites is 1. The van der Waals surface area contributed by atoms with Gasteiger partial charge in [0.25, 0.3) is 0 Å². The minimum Gasteiger partial charge on any atom is -0.492 e. The molecule has 5 nitrogen and oxygen atoms in total. The molecule has 0 spiro atoms. The van der Waals surface area contributed by atoms with Crippen LogP contribution >= 0.6 is 0 Å². The first kappa shape index (κ1) is 15.1. The lowest BCUT2D eigenvalue weighted by Crippen LogP contribution is -2.14. The van der Waals surface area contributed by atoms with Crippen LogP contribution in [0.1, 0.15) is 19.0 Å². The van der Waals surface area contributed by atoms with Crippen molar-refractivity contribution in [1.29, 1.82) is 0 Å². The van der Waals surface area contributed by atoms with Gasteiger partial charge in [0.2, 0.25) is 5.95 Å². The lowest BCUT2D eigenvalue weighted by Gasteiger charge is -2.10. The lowest BCUT2D eigenvalue weighted by molar-refractivity contribution is 0.333. The Balaban J connectivity index is 1.81. The van der Waals surface area contributed by atoms with E-state index in [2.05, 4.69) is 27.5 Å². The molecule has 1 heterocycles. The Hall–Kier alpha value is -2.30. The zero-order valence-electron chi connectivity index (χ0n) is 12.6. The minimum atomic E-state index is 0.588. The number of nitrogens with zero attached hydrogens (tertiary/aromatic N) is 2. The van der Waals surface area contributed by atoms with Gasteiger partial charge in [-0.1, -0.05) is 25.1 Å². The molecule has 0 unspecified atom stereocenters. The van der Waals surface area contributed by atoms with Gasteiger partial charge < -0.3 is 15.4 Å². The molecule has 0 aliphatic heterocycles. The number of ether oxygens (including phenoxy) is 1. The summed E-state index contributed by atoms with van der Waals surface area (Å²) < 4.78 is 5.63. The Bertz CT molecular complexity index is 545. The van der Waals surface area contributed by atoms with E-state index in [0.717, 1.165) is 30.2 Å². The molecule has 0 bridgehead atoms. The number of hydrogen-bond acceptors (Lipinski definition) is 5. The average Bonchev–Trinajstić information content (AvgIpc) is 2.50. The van der Waals surface area contributed by atoms with E-state index in [1.807, 2.05) is 43.3 Å². The number of anilines is 2. The van der Waals surface area contributed by atoms with Gasteiger partial charge in [-0.25, -0.2) is 4.98 Å². The number of rotatable bonds is 8. The Labute approximate surface area is 125 Å². The number of benzene rings is 1. The molecule has 0 amide bonds. The summed E-state index contributed by atoms with van der Waals surface area (Å²) in [4.78, 5) is 8.78. The standard InChI is InChI=1S/C16H22N4O/c1-3-9-18-16-19-13(2)12-15(20-16)17-10-11-21-14-7-5-4-6-8-14/h4-8,12H,3,9-11H2,1-2H3,(H2,17,18,19,20). The lowest BCUT2D eigenvalue weighted by atomic mass is 10.3. The van der Waals surface area contributed by atoms with Crippen LogP contribution in [0, 0.1) is 6.92 Å². The summed E-state index contributed by atoms with van der Waals surface area (Å²) in [6.45, 7) is 6.23. The summed E-state index contributed by atoms with van der Waals surface area (Å²) in [7, 11) is 0. The molecular formula is C16H22N4O. The quantitative estimate of drug-likeness (QED) is 0.730. The van der Waals surface area contributed by atoms with E-state index < -0.39 is 0 Å². The SMILES string of the molecule is CCCNc1nc(C)cc(NCCOc2ccccc2)n1. The van der Waals surface area contributed by atoms with E-state index in [9.17, 15) is 0 Å². The normalized spacial score (nSPS) is 10.2. The van der Waals surface area contributed by atoms with Gasteiger partial charge in [0.05, 0.1) is 6.54 Å². The third kappa shape index (κ3) is 5.30. The predicted octanol–water partition coefficient (Wildman–Crippen LogP) is 3.10. The third-order valence-corrected chi connectivity index (χ3v) is 2.81. The molecule has 0 saturated heterocycles. The summed E-state index contributed by atoms with van der Waals surface area (Å²) in [5.41, 5.74) is 0.940. The highest BCUT2D eigenvalue weighted by atomic mass is 16.5. The van der Waals surface area contributed by atoms with Crippen molar-refractivity contribution in [2.75, 3.05) is 30.3 Å². The molecule has 0 aliphatic carbocycles. The van der Waals surface area contributed by atoms with Crippen LogP contribution in [-0.4, -0.2) is 29.7 Å². The van der Waals surface area contributed by atoms with Crippen LogP contribution in [0.4, 0.5) is 11.8 Å². The van der Waals surface area contributed by atoms with Crippen molar-refractivity contribution < 1.29 is 4.74 Å². The monoisotopic (exact) mass is 286 g/mol. The molecule has 0 fully saturated rings. The van der Waals surface area contributed by atoms with Crippen molar-refractivity contribution in [3.8, 4) is 5.75 Å². The molecule has 1 aromatic carbocycles. The van der Waals surface area contributed by atoms with Crippen molar-refractivity contribution in [2.45, 2.75) is 20.3 Å². The topological polar surface area (TPSA) is 59.1 Å². The Morgan fingerprint density at radius 1 is 1.05 bits per heavy atom. The van der Waals surface area contributed by atoms with Crippen molar-refractivity contribution in [3.05, 3.63) is 42.1 Å². The highest BCUT2D eigenvalue weighted by Gasteiger charge is 2.01.